The van der Waals surface area contributed by atoms with Crippen molar-refractivity contribution in [1.29, 1.82) is 0 Å². The molecule has 8 heteroatoms. The number of aromatic nitrogens is 2. The maximum absolute atomic E-state index is 13.4. The summed E-state index contributed by atoms with van der Waals surface area (Å²) in [4.78, 5) is 21.8. The number of fused-ring (bicyclic) bond motifs is 1. The smallest absolute Gasteiger partial charge is 0.282 e. The number of hydrogen-bond donors (Lipinski definition) is 0. The molecule has 1 amide bonds. The number of anilines is 1. The first-order valence-corrected chi connectivity index (χ1v) is 10.9. The van der Waals surface area contributed by atoms with E-state index in [9.17, 15) is 4.79 Å². The lowest BCUT2D eigenvalue weighted by Gasteiger charge is -2.20. The van der Waals surface area contributed by atoms with E-state index in [0.717, 1.165) is 21.5 Å². The molecule has 0 radical (unpaired) electrons. The molecule has 2 aromatic carbocycles. The summed E-state index contributed by atoms with van der Waals surface area (Å²) in [5.74, 6) is 1.03. The van der Waals surface area contributed by atoms with Gasteiger partial charge in [-0.05, 0) is 33.2 Å². The van der Waals surface area contributed by atoms with Crippen LogP contribution in [0.5, 0.6) is 5.75 Å². The monoisotopic (exact) mass is 436 g/mol. The molecule has 2 heterocycles. The summed E-state index contributed by atoms with van der Waals surface area (Å²) in [6.07, 6.45) is 0. The predicted octanol–water partition coefficient (Wildman–Crippen LogP) is 4.56. The van der Waals surface area contributed by atoms with Crippen molar-refractivity contribution in [3.05, 3.63) is 60.3 Å². The van der Waals surface area contributed by atoms with Gasteiger partial charge < -0.3 is 14.2 Å². The molecule has 0 saturated carbocycles. The number of ether oxygens (including phenoxy) is 1. The van der Waals surface area contributed by atoms with Gasteiger partial charge in [0.2, 0.25) is 0 Å². The van der Waals surface area contributed by atoms with Gasteiger partial charge in [0.1, 0.15) is 11.3 Å². The third-order valence-corrected chi connectivity index (χ3v) is 5.75. The Morgan fingerprint density at radius 2 is 1.90 bits per heavy atom. The number of para-hydroxylation sites is 1. The van der Waals surface area contributed by atoms with E-state index in [2.05, 4.69) is 5.16 Å². The van der Waals surface area contributed by atoms with Crippen molar-refractivity contribution in [2.24, 2.45) is 0 Å². The average Bonchev–Trinajstić information content (AvgIpc) is 3.42. The van der Waals surface area contributed by atoms with Gasteiger partial charge in [-0.2, -0.15) is 0 Å². The Morgan fingerprint density at radius 3 is 2.65 bits per heavy atom. The predicted molar refractivity (Wildman–Crippen MR) is 123 cm³/mol. The lowest BCUT2D eigenvalue weighted by Crippen LogP contribution is -2.36. The molecule has 0 aliphatic heterocycles. The van der Waals surface area contributed by atoms with E-state index < -0.39 is 0 Å². The molecule has 0 spiro atoms. The van der Waals surface area contributed by atoms with Crippen molar-refractivity contribution >= 4 is 32.6 Å². The number of likely N-dealkylation sites (N-methyl/N-ethyl adjacent to an activating group) is 1. The van der Waals surface area contributed by atoms with Crippen LogP contribution < -0.4 is 9.64 Å². The SMILES string of the molecule is CCOc1cccc2sc(N(CCN(C)C)C(=O)c3cc(-c4ccccc4)on3)nc12. The van der Waals surface area contributed by atoms with Crippen LogP contribution in [0, 0.1) is 0 Å². The van der Waals surface area contributed by atoms with Crippen LogP contribution in [0.3, 0.4) is 0 Å². The van der Waals surface area contributed by atoms with E-state index in [1.54, 1.807) is 11.0 Å². The highest BCUT2D eigenvalue weighted by molar-refractivity contribution is 7.22. The van der Waals surface area contributed by atoms with E-state index >= 15 is 0 Å². The normalized spacial score (nSPS) is 11.2. The van der Waals surface area contributed by atoms with Gasteiger partial charge in [0, 0.05) is 24.7 Å². The van der Waals surface area contributed by atoms with Gasteiger partial charge in [-0.3, -0.25) is 9.69 Å². The number of thiazole rings is 1. The van der Waals surface area contributed by atoms with Gasteiger partial charge in [0.05, 0.1) is 11.3 Å². The Balaban J connectivity index is 1.68. The molecule has 0 aliphatic carbocycles. The van der Waals surface area contributed by atoms with Gasteiger partial charge in [-0.25, -0.2) is 4.98 Å². The molecule has 0 unspecified atom stereocenters. The molecule has 0 atom stereocenters. The fraction of sp³-hybridized carbons (Fsp3) is 0.261. The molecular formula is C23H24N4O3S. The Morgan fingerprint density at radius 1 is 1.10 bits per heavy atom. The quantitative estimate of drug-likeness (QED) is 0.403. The van der Waals surface area contributed by atoms with Crippen molar-refractivity contribution in [1.82, 2.24) is 15.0 Å². The molecule has 7 nitrogen and oxygen atoms in total. The summed E-state index contributed by atoms with van der Waals surface area (Å²) in [6.45, 7) is 3.65. The van der Waals surface area contributed by atoms with Crippen LogP contribution in [0.4, 0.5) is 5.13 Å². The van der Waals surface area contributed by atoms with E-state index in [4.69, 9.17) is 14.2 Å². The highest BCUT2D eigenvalue weighted by Crippen LogP contribution is 2.35. The van der Waals surface area contributed by atoms with Crippen LogP contribution in [0.15, 0.2) is 59.1 Å². The first-order chi connectivity index (χ1) is 15.1. The lowest BCUT2D eigenvalue weighted by molar-refractivity contribution is 0.0976. The van der Waals surface area contributed by atoms with Crippen LogP contribution >= 0.6 is 11.3 Å². The summed E-state index contributed by atoms with van der Waals surface area (Å²) in [5, 5.41) is 4.65. The maximum Gasteiger partial charge on any atom is 0.282 e. The van der Waals surface area contributed by atoms with E-state index in [-0.39, 0.29) is 11.6 Å². The summed E-state index contributed by atoms with van der Waals surface area (Å²) < 4.78 is 12.1. The number of amides is 1. The topological polar surface area (TPSA) is 71.7 Å². The van der Waals surface area contributed by atoms with E-state index in [0.29, 0.717) is 30.6 Å². The van der Waals surface area contributed by atoms with Gasteiger partial charge in [0.25, 0.3) is 5.91 Å². The number of carbonyl (C=O) groups is 1. The highest BCUT2D eigenvalue weighted by atomic mass is 32.1. The Kier molecular flexibility index (Phi) is 6.29. The van der Waals surface area contributed by atoms with Crippen molar-refractivity contribution < 1.29 is 14.1 Å². The molecule has 31 heavy (non-hydrogen) atoms. The van der Waals surface area contributed by atoms with E-state index in [1.807, 2.05) is 74.4 Å². The van der Waals surface area contributed by atoms with Gasteiger partial charge in [-0.15, -0.1) is 0 Å². The fourth-order valence-electron chi connectivity index (χ4n) is 3.14. The minimum atomic E-state index is -0.246. The number of nitrogens with zero attached hydrogens (tertiary/aromatic N) is 4. The van der Waals surface area contributed by atoms with Crippen LogP contribution in [0.25, 0.3) is 21.5 Å². The fourth-order valence-corrected chi connectivity index (χ4v) is 4.14. The molecule has 4 rings (SSSR count). The first-order valence-electron chi connectivity index (χ1n) is 10.1. The third-order valence-electron chi connectivity index (χ3n) is 4.70. The summed E-state index contributed by atoms with van der Waals surface area (Å²) in [6, 6.07) is 17.1. The van der Waals surface area contributed by atoms with Gasteiger partial charge in [0.15, 0.2) is 16.6 Å². The minimum absolute atomic E-state index is 0.246. The molecular weight excluding hydrogens is 412 g/mol. The van der Waals surface area contributed by atoms with Crippen molar-refractivity contribution in [2.75, 3.05) is 38.7 Å². The van der Waals surface area contributed by atoms with Gasteiger partial charge in [-0.1, -0.05) is 52.9 Å². The van der Waals surface area contributed by atoms with Crippen LogP contribution in [-0.4, -0.2) is 54.7 Å². The summed E-state index contributed by atoms with van der Waals surface area (Å²) >= 11 is 1.46. The maximum atomic E-state index is 13.4. The Hall–Kier alpha value is -3.23. The third kappa shape index (κ3) is 4.60. The zero-order valence-corrected chi connectivity index (χ0v) is 18.6. The molecule has 4 aromatic rings. The largest absolute Gasteiger partial charge is 0.492 e. The first kappa shape index (κ1) is 21.0. The van der Waals surface area contributed by atoms with Crippen molar-refractivity contribution in [2.45, 2.75) is 6.92 Å². The Labute approximate surface area is 184 Å². The molecule has 0 fully saturated rings. The lowest BCUT2D eigenvalue weighted by atomic mass is 10.1. The van der Waals surface area contributed by atoms with Crippen molar-refractivity contribution in [3.63, 3.8) is 0 Å². The zero-order chi connectivity index (χ0) is 21.8. The number of benzene rings is 2. The average molecular weight is 437 g/mol. The van der Waals surface area contributed by atoms with Crippen molar-refractivity contribution in [3.8, 4) is 17.1 Å². The van der Waals surface area contributed by atoms with E-state index in [1.165, 1.54) is 11.3 Å². The molecule has 0 N–H and O–H groups in total. The number of carbonyl (C=O) groups excluding carboxylic acids is 1. The standard InChI is InChI=1S/C23H24N4O3S/c1-4-29-18-11-8-12-20-21(18)24-23(31-20)27(14-13-26(2)3)22(28)17-15-19(30-25-17)16-9-6-5-7-10-16/h5-12,15H,4,13-14H2,1-3H3. The van der Waals surface area contributed by atoms with Crippen LogP contribution in [-0.2, 0) is 0 Å². The number of rotatable bonds is 8. The molecule has 0 saturated heterocycles. The summed E-state index contributed by atoms with van der Waals surface area (Å²) in [5.41, 5.74) is 1.88. The van der Waals surface area contributed by atoms with Crippen LogP contribution in [0.2, 0.25) is 0 Å². The second-order valence-electron chi connectivity index (χ2n) is 7.23. The zero-order valence-electron chi connectivity index (χ0n) is 17.7. The number of hydrogen-bond acceptors (Lipinski definition) is 7. The molecule has 160 valence electrons. The molecule has 0 aliphatic rings. The highest BCUT2D eigenvalue weighted by Gasteiger charge is 2.25. The van der Waals surface area contributed by atoms with Crippen LogP contribution in [0.1, 0.15) is 17.4 Å². The summed E-state index contributed by atoms with van der Waals surface area (Å²) in [7, 11) is 3.94. The molecule has 0 bridgehead atoms. The second-order valence-corrected chi connectivity index (χ2v) is 8.24. The minimum Gasteiger partial charge on any atom is -0.492 e. The second kappa shape index (κ2) is 9.28. The Bertz CT molecular complexity index is 1170. The molecule has 2 aromatic heterocycles. The van der Waals surface area contributed by atoms with Gasteiger partial charge >= 0.3 is 0 Å².